The SMILES string of the molecule is CN(C(=O)O)C(CC1CCCCC1)C(=O)NNCCC(N)=O. The van der Waals surface area contributed by atoms with Gasteiger partial charge in [0.15, 0.2) is 0 Å². The van der Waals surface area contributed by atoms with Crippen LogP contribution in [0.4, 0.5) is 4.79 Å². The van der Waals surface area contributed by atoms with Crippen LogP contribution < -0.4 is 16.6 Å². The lowest BCUT2D eigenvalue weighted by atomic mass is 9.84. The summed E-state index contributed by atoms with van der Waals surface area (Å²) in [5.41, 5.74) is 10.1. The molecule has 5 N–H and O–H groups in total. The molecular formula is C14H26N4O4. The molecule has 0 heterocycles. The molecule has 8 nitrogen and oxygen atoms in total. The highest BCUT2D eigenvalue weighted by atomic mass is 16.4. The topological polar surface area (TPSA) is 125 Å². The van der Waals surface area contributed by atoms with Gasteiger partial charge in [0.25, 0.3) is 5.91 Å². The number of likely N-dealkylation sites (N-methyl/N-ethyl adjacent to an activating group) is 1. The summed E-state index contributed by atoms with van der Waals surface area (Å²) in [6, 6.07) is -0.735. The van der Waals surface area contributed by atoms with Crippen molar-refractivity contribution in [3.05, 3.63) is 0 Å². The molecule has 0 spiro atoms. The van der Waals surface area contributed by atoms with Crippen LogP contribution in [-0.4, -0.2) is 47.5 Å². The number of carboxylic acid groups (broad SMARTS) is 1. The van der Waals surface area contributed by atoms with E-state index >= 15 is 0 Å². The molecule has 0 radical (unpaired) electrons. The first kappa shape index (κ1) is 18.2. The van der Waals surface area contributed by atoms with E-state index in [4.69, 9.17) is 10.8 Å². The predicted molar refractivity (Wildman–Crippen MR) is 80.7 cm³/mol. The summed E-state index contributed by atoms with van der Waals surface area (Å²) in [4.78, 5) is 35.0. The van der Waals surface area contributed by atoms with E-state index in [1.165, 1.54) is 13.5 Å². The van der Waals surface area contributed by atoms with E-state index in [-0.39, 0.29) is 13.0 Å². The highest BCUT2D eigenvalue weighted by Crippen LogP contribution is 2.28. The van der Waals surface area contributed by atoms with Crippen LogP contribution in [-0.2, 0) is 9.59 Å². The number of hydrazine groups is 1. The van der Waals surface area contributed by atoms with Crippen LogP contribution in [0.5, 0.6) is 0 Å². The number of primary amides is 1. The molecule has 1 fully saturated rings. The van der Waals surface area contributed by atoms with Crippen molar-refractivity contribution >= 4 is 17.9 Å². The molecule has 126 valence electrons. The minimum Gasteiger partial charge on any atom is -0.465 e. The predicted octanol–water partition coefficient (Wildman–Crippen LogP) is 0.431. The molecular weight excluding hydrogens is 288 g/mol. The zero-order chi connectivity index (χ0) is 16.5. The Morgan fingerprint density at radius 2 is 1.91 bits per heavy atom. The molecule has 1 aliphatic rings. The van der Waals surface area contributed by atoms with Crippen molar-refractivity contribution in [2.24, 2.45) is 11.7 Å². The molecule has 1 unspecified atom stereocenters. The van der Waals surface area contributed by atoms with Crippen LogP contribution in [0.1, 0.15) is 44.9 Å². The van der Waals surface area contributed by atoms with Gasteiger partial charge in [-0.3, -0.25) is 19.9 Å². The van der Waals surface area contributed by atoms with E-state index in [9.17, 15) is 14.4 Å². The maximum absolute atomic E-state index is 12.2. The molecule has 1 saturated carbocycles. The molecule has 0 aliphatic heterocycles. The first-order chi connectivity index (χ1) is 10.4. The summed E-state index contributed by atoms with van der Waals surface area (Å²) in [5.74, 6) is -0.500. The number of carbonyl (C=O) groups is 3. The van der Waals surface area contributed by atoms with Crippen molar-refractivity contribution in [1.29, 1.82) is 0 Å². The third-order valence-corrected chi connectivity index (χ3v) is 4.06. The second-order valence-electron chi connectivity index (χ2n) is 5.78. The van der Waals surface area contributed by atoms with Gasteiger partial charge in [-0.05, 0) is 12.3 Å². The van der Waals surface area contributed by atoms with E-state index < -0.39 is 23.9 Å². The fraction of sp³-hybridized carbons (Fsp3) is 0.786. The van der Waals surface area contributed by atoms with Crippen molar-refractivity contribution in [3.63, 3.8) is 0 Å². The van der Waals surface area contributed by atoms with Gasteiger partial charge in [-0.15, -0.1) is 0 Å². The van der Waals surface area contributed by atoms with Crippen LogP contribution in [0.2, 0.25) is 0 Å². The number of nitrogens with two attached hydrogens (primary N) is 1. The third-order valence-electron chi connectivity index (χ3n) is 4.06. The normalized spacial score (nSPS) is 16.8. The van der Waals surface area contributed by atoms with E-state index in [0.717, 1.165) is 30.6 Å². The lowest BCUT2D eigenvalue weighted by molar-refractivity contribution is -0.127. The molecule has 0 bridgehead atoms. The Morgan fingerprint density at radius 3 is 2.45 bits per heavy atom. The Morgan fingerprint density at radius 1 is 1.27 bits per heavy atom. The standard InChI is InChI=1S/C14H26N4O4/c1-18(14(21)22)11(9-10-5-3-2-4-6-10)13(20)17-16-8-7-12(15)19/h10-11,16H,2-9H2,1H3,(H2,15,19)(H,17,20)(H,21,22). The van der Waals surface area contributed by atoms with Crippen molar-refractivity contribution in [2.75, 3.05) is 13.6 Å². The molecule has 0 aromatic heterocycles. The van der Waals surface area contributed by atoms with E-state index in [2.05, 4.69) is 10.9 Å². The Labute approximate surface area is 130 Å². The molecule has 3 amide bonds. The first-order valence-corrected chi connectivity index (χ1v) is 7.68. The van der Waals surface area contributed by atoms with Crippen LogP contribution >= 0.6 is 0 Å². The average molecular weight is 314 g/mol. The molecule has 0 aromatic carbocycles. The molecule has 0 saturated heterocycles. The zero-order valence-electron chi connectivity index (χ0n) is 13.0. The maximum atomic E-state index is 12.2. The second-order valence-corrected chi connectivity index (χ2v) is 5.78. The molecule has 1 atom stereocenters. The Bertz CT molecular complexity index is 396. The summed E-state index contributed by atoms with van der Waals surface area (Å²) in [6.07, 6.45) is 5.02. The number of rotatable bonds is 8. The van der Waals surface area contributed by atoms with Gasteiger partial charge in [0.2, 0.25) is 5.91 Å². The molecule has 1 aliphatic carbocycles. The van der Waals surface area contributed by atoms with Crippen LogP contribution in [0.3, 0.4) is 0 Å². The van der Waals surface area contributed by atoms with Crippen LogP contribution in [0.25, 0.3) is 0 Å². The minimum absolute atomic E-state index is 0.0995. The summed E-state index contributed by atoms with van der Waals surface area (Å²) in [5, 5.41) is 9.14. The Balaban J connectivity index is 2.53. The second kappa shape index (κ2) is 9.24. The number of hydrogen-bond acceptors (Lipinski definition) is 4. The fourth-order valence-corrected chi connectivity index (χ4v) is 2.73. The van der Waals surface area contributed by atoms with E-state index in [0.29, 0.717) is 12.3 Å². The fourth-order valence-electron chi connectivity index (χ4n) is 2.73. The van der Waals surface area contributed by atoms with Crippen LogP contribution in [0, 0.1) is 5.92 Å². The van der Waals surface area contributed by atoms with Gasteiger partial charge in [-0.25, -0.2) is 10.2 Å². The Hall–Kier alpha value is -1.83. The largest absolute Gasteiger partial charge is 0.465 e. The monoisotopic (exact) mass is 314 g/mol. The van der Waals surface area contributed by atoms with Crippen molar-refractivity contribution in [3.8, 4) is 0 Å². The van der Waals surface area contributed by atoms with Crippen molar-refractivity contribution in [1.82, 2.24) is 15.8 Å². The van der Waals surface area contributed by atoms with Gasteiger partial charge in [-0.2, -0.15) is 0 Å². The summed E-state index contributed by atoms with van der Waals surface area (Å²) in [7, 11) is 1.40. The van der Waals surface area contributed by atoms with Gasteiger partial charge in [0.1, 0.15) is 6.04 Å². The van der Waals surface area contributed by atoms with Gasteiger partial charge in [0.05, 0.1) is 0 Å². The lowest BCUT2D eigenvalue weighted by Crippen LogP contribution is -2.52. The van der Waals surface area contributed by atoms with Gasteiger partial charge in [-0.1, -0.05) is 32.1 Å². The molecule has 0 aromatic rings. The summed E-state index contributed by atoms with van der Waals surface area (Å²) >= 11 is 0. The highest BCUT2D eigenvalue weighted by molar-refractivity contribution is 5.84. The minimum atomic E-state index is -1.13. The number of nitrogens with one attached hydrogen (secondary N) is 2. The van der Waals surface area contributed by atoms with Crippen molar-refractivity contribution in [2.45, 2.75) is 51.0 Å². The van der Waals surface area contributed by atoms with Crippen LogP contribution in [0.15, 0.2) is 0 Å². The zero-order valence-corrected chi connectivity index (χ0v) is 13.0. The number of carbonyl (C=O) groups excluding carboxylic acids is 2. The number of nitrogens with zero attached hydrogens (tertiary/aromatic N) is 1. The number of amides is 3. The molecule has 22 heavy (non-hydrogen) atoms. The summed E-state index contributed by atoms with van der Waals surface area (Å²) < 4.78 is 0. The van der Waals surface area contributed by atoms with E-state index in [1.807, 2.05) is 0 Å². The van der Waals surface area contributed by atoms with Gasteiger partial charge in [0, 0.05) is 20.0 Å². The quantitative estimate of drug-likeness (QED) is 0.382. The number of hydrogen-bond donors (Lipinski definition) is 4. The maximum Gasteiger partial charge on any atom is 0.407 e. The van der Waals surface area contributed by atoms with Crippen molar-refractivity contribution < 1.29 is 19.5 Å². The smallest absolute Gasteiger partial charge is 0.407 e. The molecule has 1 rings (SSSR count). The average Bonchev–Trinajstić information content (AvgIpc) is 2.49. The van der Waals surface area contributed by atoms with Gasteiger partial charge >= 0.3 is 6.09 Å². The Kier molecular flexibility index (Phi) is 7.65. The highest BCUT2D eigenvalue weighted by Gasteiger charge is 2.30. The summed E-state index contributed by atoms with van der Waals surface area (Å²) in [6.45, 7) is 0.216. The lowest BCUT2D eigenvalue weighted by Gasteiger charge is -2.30. The van der Waals surface area contributed by atoms with E-state index in [1.54, 1.807) is 0 Å². The first-order valence-electron chi connectivity index (χ1n) is 7.68. The molecule has 8 heteroatoms. The third kappa shape index (κ3) is 6.30. The van der Waals surface area contributed by atoms with Gasteiger partial charge < -0.3 is 10.8 Å².